The maximum absolute atomic E-state index is 4.06. The van der Waals surface area contributed by atoms with E-state index >= 15 is 0 Å². The maximum Gasteiger partial charge on any atom is -0.0206 e. The topological polar surface area (TPSA) is 0 Å². The summed E-state index contributed by atoms with van der Waals surface area (Å²) in [5.41, 5.74) is 1.95. The van der Waals surface area contributed by atoms with Crippen molar-refractivity contribution in [2.45, 2.75) is 81.1 Å². The zero-order chi connectivity index (χ0) is 14.1. The molecule has 1 saturated carbocycles. The van der Waals surface area contributed by atoms with E-state index in [1.165, 1.54) is 31.3 Å². The average molecular weight is 240 g/mol. The Hall–Kier alpha value is -0.260. The van der Waals surface area contributed by atoms with Crippen LogP contribution in [0.4, 0.5) is 0 Å². The van der Waals surface area contributed by atoms with E-state index in [1.807, 2.05) is 13.8 Å². The molecule has 17 heavy (non-hydrogen) atoms. The van der Waals surface area contributed by atoms with E-state index in [0.29, 0.717) is 5.41 Å². The van der Waals surface area contributed by atoms with Gasteiger partial charge in [0.1, 0.15) is 0 Å². The molecule has 0 spiro atoms. The summed E-state index contributed by atoms with van der Waals surface area (Å²) in [5.74, 6) is 1.65. The molecule has 0 aliphatic heterocycles. The zero-order valence-corrected chi connectivity index (χ0v) is 13.7. The molecule has 0 amide bonds. The van der Waals surface area contributed by atoms with Crippen LogP contribution < -0.4 is 0 Å². The highest BCUT2D eigenvalue weighted by Crippen LogP contribution is 2.44. The largest absolute Gasteiger partial charge is 0.0999 e. The molecule has 2 unspecified atom stereocenters. The number of hydrogen-bond acceptors (Lipinski definition) is 0. The van der Waals surface area contributed by atoms with Crippen molar-refractivity contribution in [1.82, 2.24) is 0 Å². The lowest BCUT2D eigenvalue weighted by molar-refractivity contribution is 0.125. The Balaban J connectivity index is 0. The molecule has 0 radical (unpaired) electrons. The van der Waals surface area contributed by atoms with Crippen molar-refractivity contribution in [2.75, 3.05) is 0 Å². The summed E-state index contributed by atoms with van der Waals surface area (Å²) in [6.07, 6.45) is 5.32. The summed E-state index contributed by atoms with van der Waals surface area (Å²) in [4.78, 5) is 0. The van der Waals surface area contributed by atoms with E-state index in [9.17, 15) is 0 Å². The van der Waals surface area contributed by atoms with Gasteiger partial charge < -0.3 is 0 Å². The molecule has 0 aromatic rings. The minimum atomic E-state index is 0.561. The Kier molecular flexibility index (Phi) is 10.9. The first-order chi connectivity index (χ1) is 7.85. The monoisotopic (exact) mass is 240 g/mol. The molecule has 0 N–H and O–H groups in total. The van der Waals surface area contributed by atoms with Crippen molar-refractivity contribution in [3.8, 4) is 0 Å². The van der Waals surface area contributed by atoms with Gasteiger partial charge in [-0.05, 0) is 43.4 Å². The van der Waals surface area contributed by atoms with Crippen LogP contribution in [0.2, 0.25) is 0 Å². The summed E-state index contributed by atoms with van der Waals surface area (Å²) < 4.78 is 0. The van der Waals surface area contributed by atoms with Crippen LogP contribution in [-0.2, 0) is 0 Å². The second kappa shape index (κ2) is 9.74. The van der Waals surface area contributed by atoms with Gasteiger partial charge in [0.2, 0.25) is 0 Å². The fourth-order valence-corrected chi connectivity index (χ4v) is 2.10. The van der Waals surface area contributed by atoms with Gasteiger partial charge in [-0.2, -0.15) is 0 Å². The Morgan fingerprint density at radius 1 is 1.24 bits per heavy atom. The fourth-order valence-electron chi connectivity index (χ4n) is 2.10. The van der Waals surface area contributed by atoms with Gasteiger partial charge in [0.05, 0.1) is 0 Å². The lowest BCUT2D eigenvalue weighted by Crippen LogP contribution is -2.30. The maximum atomic E-state index is 4.06. The standard InChI is InChI=1S/C12H22.C3H8.C2H6/c1-9(2)11-6-7-12(4,5)10(3)8-11;1-3-2;1-2/h10-11H,1,6-8H2,2-5H3;3H2,1-2H3;1-2H3. The number of allylic oxidation sites excluding steroid dienone is 1. The fraction of sp³-hybridized carbons (Fsp3) is 0.882. The molecule has 0 aromatic heterocycles. The summed E-state index contributed by atoms with van der Waals surface area (Å²) >= 11 is 0. The van der Waals surface area contributed by atoms with Gasteiger partial charge in [0.25, 0.3) is 0 Å². The van der Waals surface area contributed by atoms with Crippen molar-refractivity contribution in [3.63, 3.8) is 0 Å². The normalized spacial score (nSPS) is 25.9. The first kappa shape index (κ1) is 19.1. The van der Waals surface area contributed by atoms with E-state index in [2.05, 4.69) is 48.1 Å². The molecule has 0 nitrogen and oxygen atoms in total. The van der Waals surface area contributed by atoms with Crippen LogP contribution in [0.1, 0.15) is 81.1 Å². The van der Waals surface area contributed by atoms with Crippen molar-refractivity contribution in [1.29, 1.82) is 0 Å². The molecule has 1 aliphatic rings. The van der Waals surface area contributed by atoms with E-state index in [4.69, 9.17) is 0 Å². The van der Waals surface area contributed by atoms with Crippen molar-refractivity contribution >= 4 is 0 Å². The highest BCUT2D eigenvalue weighted by molar-refractivity contribution is 5.00. The SMILES string of the molecule is C=C(C)C1CCC(C)(C)C(C)C1.CC.CCC. The van der Waals surface area contributed by atoms with Gasteiger partial charge in [0.15, 0.2) is 0 Å². The van der Waals surface area contributed by atoms with Gasteiger partial charge in [0, 0.05) is 0 Å². The third-order valence-electron chi connectivity index (χ3n) is 3.81. The van der Waals surface area contributed by atoms with Crippen LogP contribution in [0.15, 0.2) is 12.2 Å². The highest BCUT2D eigenvalue weighted by Gasteiger charge is 2.33. The first-order valence-electron chi connectivity index (χ1n) is 7.50. The van der Waals surface area contributed by atoms with Crippen LogP contribution >= 0.6 is 0 Å². The molecule has 0 aromatic carbocycles. The molecule has 1 fully saturated rings. The molecular weight excluding hydrogens is 204 g/mol. The second-order valence-corrected chi connectivity index (χ2v) is 5.91. The van der Waals surface area contributed by atoms with Crippen LogP contribution in [-0.4, -0.2) is 0 Å². The molecule has 104 valence electrons. The highest BCUT2D eigenvalue weighted by atomic mass is 14.4. The van der Waals surface area contributed by atoms with Crippen molar-refractivity contribution in [2.24, 2.45) is 17.3 Å². The predicted octanol–water partition coefficient (Wildman–Crippen LogP) is 6.47. The number of hydrogen-bond donors (Lipinski definition) is 0. The summed E-state index contributed by atoms with van der Waals surface area (Å²) in [7, 11) is 0. The minimum Gasteiger partial charge on any atom is -0.0999 e. The van der Waals surface area contributed by atoms with E-state index < -0.39 is 0 Å². The molecule has 0 saturated heterocycles. The quantitative estimate of drug-likeness (QED) is 0.461. The van der Waals surface area contributed by atoms with Gasteiger partial charge in [-0.3, -0.25) is 0 Å². The summed E-state index contributed by atoms with van der Waals surface area (Å²) in [6.45, 7) is 21.7. The van der Waals surface area contributed by atoms with E-state index in [0.717, 1.165) is 11.8 Å². The number of rotatable bonds is 1. The second-order valence-electron chi connectivity index (χ2n) is 5.91. The molecule has 0 bridgehead atoms. The van der Waals surface area contributed by atoms with Crippen LogP contribution in [0, 0.1) is 17.3 Å². The van der Waals surface area contributed by atoms with Crippen molar-refractivity contribution in [3.05, 3.63) is 12.2 Å². The molecule has 2 atom stereocenters. The lowest BCUT2D eigenvalue weighted by Gasteiger charge is -2.40. The van der Waals surface area contributed by atoms with Gasteiger partial charge in [-0.15, -0.1) is 0 Å². The average Bonchev–Trinajstić information content (AvgIpc) is 2.26. The molecular formula is C17H36. The van der Waals surface area contributed by atoms with Gasteiger partial charge in [-0.1, -0.05) is 67.0 Å². The Morgan fingerprint density at radius 2 is 1.65 bits per heavy atom. The Bertz CT molecular complexity index is 188. The summed E-state index contributed by atoms with van der Waals surface area (Å²) in [6, 6.07) is 0. The van der Waals surface area contributed by atoms with Gasteiger partial charge in [-0.25, -0.2) is 0 Å². The van der Waals surface area contributed by atoms with E-state index in [1.54, 1.807) is 0 Å². The Labute approximate surface area is 111 Å². The Morgan fingerprint density at radius 3 is 1.94 bits per heavy atom. The van der Waals surface area contributed by atoms with E-state index in [-0.39, 0.29) is 0 Å². The third kappa shape index (κ3) is 7.63. The molecule has 0 heterocycles. The first-order valence-corrected chi connectivity index (χ1v) is 7.50. The predicted molar refractivity (Wildman–Crippen MR) is 82.4 cm³/mol. The lowest BCUT2D eigenvalue weighted by atomic mass is 9.65. The molecule has 0 heteroatoms. The van der Waals surface area contributed by atoms with Crippen LogP contribution in [0.5, 0.6) is 0 Å². The van der Waals surface area contributed by atoms with Crippen molar-refractivity contribution < 1.29 is 0 Å². The molecule has 1 aliphatic carbocycles. The van der Waals surface area contributed by atoms with Crippen LogP contribution in [0.25, 0.3) is 0 Å². The molecule has 1 rings (SSSR count). The van der Waals surface area contributed by atoms with Gasteiger partial charge >= 0.3 is 0 Å². The summed E-state index contributed by atoms with van der Waals surface area (Å²) in [5, 5.41) is 0. The van der Waals surface area contributed by atoms with Crippen LogP contribution in [0.3, 0.4) is 0 Å². The smallest absolute Gasteiger partial charge is 0.0206 e. The zero-order valence-electron chi connectivity index (χ0n) is 13.7. The third-order valence-corrected chi connectivity index (χ3v) is 3.81. The minimum absolute atomic E-state index is 0.561.